The van der Waals surface area contributed by atoms with Gasteiger partial charge in [-0.15, -0.1) is 0 Å². The molecule has 0 bridgehead atoms. The fourth-order valence-electron chi connectivity index (χ4n) is 2.24. The summed E-state index contributed by atoms with van der Waals surface area (Å²) in [5.74, 6) is 0. The molecule has 0 amide bonds. The number of rotatable bonds is 4. The summed E-state index contributed by atoms with van der Waals surface area (Å²) in [5, 5.41) is 0. The van der Waals surface area contributed by atoms with Crippen molar-refractivity contribution in [1.82, 2.24) is 0 Å². The Bertz CT molecular complexity index is 546. The zero-order valence-corrected chi connectivity index (χ0v) is 13.1. The predicted octanol–water partition coefficient (Wildman–Crippen LogP) is 3.18. The summed E-state index contributed by atoms with van der Waals surface area (Å²) in [6, 6.07) is 6.96. The van der Waals surface area contributed by atoms with E-state index in [4.69, 9.17) is 4.18 Å². The summed E-state index contributed by atoms with van der Waals surface area (Å²) in [4.78, 5) is 0.297. The molecule has 0 aromatic heterocycles. The molecular weight excluding hydrogens is 264 g/mol. The van der Waals surface area contributed by atoms with Crippen LogP contribution in [0.5, 0.6) is 0 Å². The first kappa shape index (κ1) is 13.8. The average Bonchev–Trinajstić information content (AvgIpc) is 2.96. The van der Waals surface area contributed by atoms with E-state index >= 15 is 0 Å². The number of hydrogen-bond donors (Lipinski definition) is 0. The number of hydrogen-bond acceptors (Lipinski definition) is 3. The third-order valence-corrected chi connectivity index (χ3v) is 7.79. The monoisotopic (exact) mass is 284 g/mol. The molecule has 2 atom stereocenters. The highest BCUT2D eigenvalue weighted by Gasteiger charge is 2.49. The molecule has 1 aliphatic carbocycles. The lowest BCUT2D eigenvalue weighted by atomic mass is 10.2. The minimum Gasteiger partial charge on any atom is -0.263 e. The van der Waals surface area contributed by atoms with Gasteiger partial charge in [-0.1, -0.05) is 37.8 Å². The Kier molecular flexibility index (Phi) is 3.42. The van der Waals surface area contributed by atoms with E-state index in [0.717, 1.165) is 12.0 Å². The minimum absolute atomic E-state index is 0.0960. The SMILES string of the molecule is Cc1ccccc1S(=O)(=O)OC1CC1[Si](C)(C)C. The van der Waals surface area contributed by atoms with Gasteiger partial charge in [-0.2, -0.15) is 8.42 Å². The Balaban J connectivity index is 2.14. The molecule has 0 N–H and O–H groups in total. The Morgan fingerprint density at radius 3 is 2.33 bits per heavy atom. The van der Waals surface area contributed by atoms with Gasteiger partial charge in [0.2, 0.25) is 0 Å². The number of benzene rings is 1. The average molecular weight is 284 g/mol. The summed E-state index contributed by atoms with van der Waals surface area (Å²) < 4.78 is 29.7. The Labute approximate surface area is 110 Å². The highest BCUT2D eigenvalue weighted by Crippen LogP contribution is 2.49. The summed E-state index contributed by atoms with van der Waals surface area (Å²) >= 11 is 0. The first-order valence-corrected chi connectivity index (χ1v) is 11.2. The molecule has 100 valence electrons. The van der Waals surface area contributed by atoms with E-state index in [9.17, 15) is 8.42 Å². The van der Waals surface area contributed by atoms with E-state index in [1.54, 1.807) is 25.1 Å². The first-order chi connectivity index (χ1) is 8.22. The molecule has 2 rings (SSSR count). The van der Waals surface area contributed by atoms with Gasteiger partial charge < -0.3 is 0 Å². The smallest absolute Gasteiger partial charge is 0.263 e. The van der Waals surface area contributed by atoms with Crippen molar-refractivity contribution in [3.05, 3.63) is 29.8 Å². The van der Waals surface area contributed by atoms with Gasteiger partial charge >= 0.3 is 0 Å². The Hall–Kier alpha value is -0.653. The molecule has 0 spiro atoms. The van der Waals surface area contributed by atoms with Gasteiger partial charge in [-0.3, -0.25) is 4.18 Å². The van der Waals surface area contributed by atoms with Crippen LogP contribution >= 0.6 is 0 Å². The maximum absolute atomic E-state index is 12.2. The van der Waals surface area contributed by atoms with Gasteiger partial charge in [0.1, 0.15) is 0 Å². The topological polar surface area (TPSA) is 43.4 Å². The van der Waals surface area contributed by atoms with Crippen LogP contribution in [0.4, 0.5) is 0 Å². The van der Waals surface area contributed by atoms with Gasteiger partial charge in [0.25, 0.3) is 10.1 Å². The van der Waals surface area contributed by atoms with E-state index in [1.165, 1.54) is 0 Å². The van der Waals surface area contributed by atoms with E-state index in [2.05, 4.69) is 19.6 Å². The fourth-order valence-corrected chi connectivity index (χ4v) is 5.81. The highest BCUT2D eigenvalue weighted by molar-refractivity contribution is 7.86. The van der Waals surface area contributed by atoms with Crippen LogP contribution in [-0.2, 0) is 14.3 Å². The molecule has 0 aliphatic heterocycles. The third kappa shape index (κ3) is 2.84. The molecule has 1 aromatic rings. The Morgan fingerprint density at radius 2 is 1.83 bits per heavy atom. The maximum Gasteiger partial charge on any atom is 0.297 e. The van der Waals surface area contributed by atoms with Gasteiger partial charge in [0.15, 0.2) is 0 Å². The van der Waals surface area contributed by atoms with Crippen molar-refractivity contribution in [2.45, 2.75) is 49.5 Å². The zero-order chi connectivity index (χ0) is 13.6. The minimum atomic E-state index is -3.60. The number of aryl methyl sites for hydroxylation is 1. The van der Waals surface area contributed by atoms with E-state index in [1.807, 2.05) is 6.07 Å². The molecule has 1 saturated carbocycles. The van der Waals surface area contributed by atoms with Crippen LogP contribution in [0.15, 0.2) is 29.2 Å². The van der Waals surface area contributed by atoms with Crippen molar-refractivity contribution in [3.63, 3.8) is 0 Å². The molecule has 0 saturated heterocycles. The van der Waals surface area contributed by atoms with Gasteiger partial charge in [0, 0.05) is 0 Å². The largest absolute Gasteiger partial charge is 0.297 e. The third-order valence-electron chi connectivity index (χ3n) is 3.46. The van der Waals surface area contributed by atoms with Crippen molar-refractivity contribution in [2.24, 2.45) is 0 Å². The van der Waals surface area contributed by atoms with Crippen LogP contribution in [0, 0.1) is 6.92 Å². The van der Waals surface area contributed by atoms with Crippen LogP contribution in [-0.4, -0.2) is 22.6 Å². The highest BCUT2D eigenvalue weighted by atomic mass is 32.2. The molecule has 18 heavy (non-hydrogen) atoms. The van der Waals surface area contributed by atoms with Crippen molar-refractivity contribution >= 4 is 18.2 Å². The van der Waals surface area contributed by atoms with Gasteiger partial charge in [-0.05, 0) is 30.5 Å². The normalized spacial score (nSPS) is 24.0. The van der Waals surface area contributed by atoms with E-state index in [-0.39, 0.29) is 6.10 Å². The quantitative estimate of drug-likeness (QED) is 0.630. The standard InChI is InChI=1S/C13H20O3SSi/c1-10-7-5-6-8-12(10)17(14,15)16-11-9-13(11)18(2,3)4/h5-8,11,13H,9H2,1-4H3. The first-order valence-electron chi connectivity index (χ1n) is 6.21. The van der Waals surface area contributed by atoms with Crippen LogP contribution in [0.25, 0.3) is 0 Å². The van der Waals surface area contributed by atoms with Crippen LogP contribution < -0.4 is 0 Å². The Morgan fingerprint density at radius 1 is 1.22 bits per heavy atom. The predicted molar refractivity (Wildman–Crippen MR) is 75.0 cm³/mol. The van der Waals surface area contributed by atoms with Crippen LogP contribution in [0.2, 0.25) is 25.2 Å². The fraction of sp³-hybridized carbons (Fsp3) is 0.538. The molecule has 1 fully saturated rings. The summed E-state index contributed by atoms with van der Waals surface area (Å²) in [6.07, 6.45) is 0.794. The summed E-state index contributed by atoms with van der Waals surface area (Å²) in [5.41, 5.74) is 1.21. The van der Waals surface area contributed by atoms with Gasteiger partial charge in [-0.25, -0.2) is 0 Å². The van der Waals surface area contributed by atoms with Crippen molar-refractivity contribution < 1.29 is 12.6 Å². The zero-order valence-electron chi connectivity index (χ0n) is 11.3. The molecular formula is C13H20O3SSi. The summed E-state index contributed by atoms with van der Waals surface area (Å²) in [7, 11) is -4.89. The van der Waals surface area contributed by atoms with Crippen molar-refractivity contribution in [3.8, 4) is 0 Å². The van der Waals surface area contributed by atoms with Crippen molar-refractivity contribution in [2.75, 3.05) is 0 Å². The molecule has 1 aromatic carbocycles. The molecule has 3 nitrogen and oxygen atoms in total. The second kappa shape index (κ2) is 4.47. The van der Waals surface area contributed by atoms with Crippen molar-refractivity contribution in [1.29, 1.82) is 0 Å². The maximum atomic E-state index is 12.2. The van der Waals surface area contributed by atoms with E-state index in [0.29, 0.717) is 10.4 Å². The lowest BCUT2D eigenvalue weighted by Crippen LogP contribution is -2.23. The van der Waals surface area contributed by atoms with Gasteiger partial charge in [0.05, 0.1) is 19.1 Å². The molecule has 0 radical (unpaired) electrons. The van der Waals surface area contributed by atoms with E-state index < -0.39 is 18.2 Å². The molecule has 5 heteroatoms. The molecule has 0 heterocycles. The van der Waals surface area contributed by atoms with Crippen LogP contribution in [0.3, 0.4) is 0 Å². The second-order valence-corrected chi connectivity index (χ2v) is 13.1. The summed E-state index contributed by atoms with van der Waals surface area (Å²) in [6.45, 7) is 8.55. The molecule has 1 aliphatic rings. The second-order valence-electron chi connectivity index (χ2n) is 6.06. The lowest BCUT2D eigenvalue weighted by Gasteiger charge is -2.15. The molecule has 2 unspecified atom stereocenters. The lowest BCUT2D eigenvalue weighted by molar-refractivity contribution is 0.304. The van der Waals surface area contributed by atoms with Crippen LogP contribution in [0.1, 0.15) is 12.0 Å².